The molecule has 2 rings (SSSR count). The van der Waals surface area contributed by atoms with Gasteiger partial charge in [0.15, 0.2) is 11.5 Å². The van der Waals surface area contributed by atoms with Crippen LogP contribution in [0.2, 0.25) is 0 Å². The average molecular weight is 251 g/mol. The van der Waals surface area contributed by atoms with Crippen LogP contribution < -0.4 is 9.47 Å². The molecule has 98 valence electrons. The second-order valence-electron chi connectivity index (χ2n) is 4.55. The van der Waals surface area contributed by atoms with Crippen LogP contribution in [0, 0.1) is 0 Å². The molecule has 0 aliphatic carbocycles. The molecular formula is C13H17NO4. The Hall–Kier alpha value is -1.75. The predicted molar refractivity (Wildman–Crippen MR) is 66.0 cm³/mol. The standard InChI is InChI=1S/C13H17NO4/c1-9(7-14(2)3)18-13(15)10-4-5-11-12(6-10)17-8-16-11/h4-6,9H,7-8H2,1-3H3/t9-/m1/s1. The van der Waals surface area contributed by atoms with Gasteiger partial charge in [-0.25, -0.2) is 4.79 Å². The van der Waals surface area contributed by atoms with Crippen molar-refractivity contribution in [2.75, 3.05) is 27.4 Å². The molecule has 5 heteroatoms. The van der Waals surface area contributed by atoms with Gasteiger partial charge in [0.2, 0.25) is 6.79 Å². The molecule has 0 spiro atoms. The summed E-state index contributed by atoms with van der Waals surface area (Å²) in [5.41, 5.74) is 0.477. The van der Waals surface area contributed by atoms with E-state index in [1.165, 1.54) is 0 Å². The van der Waals surface area contributed by atoms with Gasteiger partial charge in [-0.1, -0.05) is 0 Å². The molecule has 1 atom stereocenters. The highest BCUT2D eigenvalue weighted by molar-refractivity contribution is 5.90. The quantitative estimate of drug-likeness (QED) is 0.759. The van der Waals surface area contributed by atoms with E-state index in [1.807, 2.05) is 25.9 Å². The first-order valence-electron chi connectivity index (χ1n) is 5.81. The van der Waals surface area contributed by atoms with Crippen molar-refractivity contribution in [2.24, 2.45) is 0 Å². The molecule has 0 saturated heterocycles. The van der Waals surface area contributed by atoms with E-state index in [0.717, 1.165) is 0 Å². The summed E-state index contributed by atoms with van der Waals surface area (Å²) >= 11 is 0. The zero-order valence-corrected chi connectivity index (χ0v) is 10.8. The minimum Gasteiger partial charge on any atom is -0.458 e. The first kappa shape index (κ1) is 12.7. The Labute approximate surface area is 106 Å². The minimum absolute atomic E-state index is 0.155. The molecule has 1 aliphatic heterocycles. The number of esters is 1. The van der Waals surface area contributed by atoms with Gasteiger partial charge in [-0.3, -0.25) is 0 Å². The third-order valence-corrected chi connectivity index (χ3v) is 2.54. The van der Waals surface area contributed by atoms with E-state index in [1.54, 1.807) is 18.2 Å². The van der Waals surface area contributed by atoms with Crippen LogP contribution in [0.5, 0.6) is 11.5 Å². The second-order valence-corrected chi connectivity index (χ2v) is 4.55. The van der Waals surface area contributed by atoms with Gasteiger partial charge >= 0.3 is 5.97 Å². The first-order valence-corrected chi connectivity index (χ1v) is 5.81. The van der Waals surface area contributed by atoms with Crippen molar-refractivity contribution in [1.82, 2.24) is 4.90 Å². The van der Waals surface area contributed by atoms with Gasteiger partial charge in [0.1, 0.15) is 6.10 Å². The summed E-state index contributed by atoms with van der Waals surface area (Å²) < 4.78 is 15.7. The van der Waals surface area contributed by atoms with Crippen molar-refractivity contribution < 1.29 is 19.0 Å². The minimum atomic E-state index is -0.345. The predicted octanol–water partition coefficient (Wildman–Crippen LogP) is 1.52. The maximum Gasteiger partial charge on any atom is 0.338 e. The molecule has 0 radical (unpaired) electrons. The number of nitrogens with zero attached hydrogens (tertiary/aromatic N) is 1. The van der Waals surface area contributed by atoms with Crippen molar-refractivity contribution in [3.05, 3.63) is 23.8 Å². The number of fused-ring (bicyclic) bond motifs is 1. The molecule has 0 unspecified atom stereocenters. The lowest BCUT2D eigenvalue weighted by Gasteiger charge is -2.17. The van der Waals surface area contributed by atoms with E-state index < -0.39 is 0 Å². The van der Waals surface area contributed by atoms with E-state index in [-0.39, 0.29) is 18.9 Å². The topological polar surface area (TPSA) is 48.0 Å². The lowest BCUT2D eigenvalue weighted by Crippen LogP contribution is -2.28. The summed E-state index contributed by atoms with van der Waals surface area (Å²) in [6.45, 7) is 2.76. The van der Waals surface area contributed by atoms with Crippen molar-refractivity contribution in [1.29, 1.82) is 0 Å². The maximum absolute atomic E-state index is 11.9. The summed E-state index contributed by atoms with van der Waals surface area (Å²) in [6.07, 6.45) is -0.155. The Balaban J connectivity index is 2.01. The fourth-order valence-electron chi connectivity index (χ4n) is 1.83. The number of ether oxygens (including phenoxy) is 3. The van der Waals surface area contributed by atoms with Crippen LogP contribution in [0.1, 0.15) is 17.3 Å². The molecule has 0 fully saturated rings. The van der Waals surface area contributed by atoms with E-state index >= 15 is 0 Å². The number of likely N-dealkylation sites (N-methyl/N-ethyl adjacent to an activating group) is 1. The monoisotopic (exact) mass is 251 g/mol. The van der Waals surface area contributed by atoms with Crippen molar-refractivity contribution in [3.63, 3.8) is 0 Å². The van der Waals surface area contributed by atoms with Crippen molar-refractivity contribution in [2.45, 2.75) is 13.0 Å². The zero-order chi connectivity index (χ0) is 13.1. The molecule has 1 heterocycles. The lowest BCUT2D eigenvalue weighted by atomic mass is 10.2. The molecule has 0 N–H and O–H groups in total. The summed E-state index contributed by atoms with van der Waals surface area (Å²) in [5.74, 6) is 0.903. The Morgan fingerprint density at radius 2 is 2.11 bits per heavy atom. The van der Waals surface area contributed by atoms with Crippen LogP contribution in [0.15, 0.2) is 18.2 Å². The summed E-state index contributed by atoms with van der Waals surface area (Å²) in [7, 11) is 3.87. The highest BCUT2D eigenvalue weighted by Crippen LogP contribution is 2.32. The van der Waals surface area contributed by atoms with Gasteiger partial charge in [-0.15, -0.1) is 0 Å². The molecule has 0 saturated carbocycles. The lowest BCUT2D eigenvalue weighted by molar-refractivity contribution is 0.0288. The number of hydrogen-bond acceptors (Lipinski definition) is 5. The maximum atomic E-state index is 11.9. The Kier molecular flexibility index (Phi) is 3.72. The van der Waals surface area contributed by atoms with Gasteiger partial charge < -0.3 is 19.1 Å². The van der Waals surface area contributed by atoms with E-state index in [4.69, 9.17) is 14.2 Å². The number of hydrogen-bond donors (Lipinski definition) is 0. The normalized spacial score (nSPS) is 14.7. The van der Waals surface area contributed by atoms with Crippen LogP contribution in [0.4, 0.5) is 0 Å². The fourth-order valence-corrected chi connectivity index (χ4v) is 1.83. The smallest absolute Gasteiger partial charge is 0.338 e. The van der Waals surface area contributed by atoms with E-state index in [2.05, 4.69) is 0 Å². The highest BCUT2D eigenvalue weighted by Gasteiger charge is 2.18. The average Bonchev–Trinajstić information content (AvgIpc) is 2.74. The molecule has 0 amide bonds. The molecule has 0 bridgehead atoms. The largest absolute Gasteiger partial charge is 0.458 e. The van der Waals surface area contributed by atoms with Crippen LogP contribution in [-0.4, -0.2) is 44.4 Å². The Morgan fingerprint density at radius 1 is 1.39 bits per heavy atom. The molecule has 5 nitrogen and oxygen atoms in total. The second kappa shape index (κ2) is 5.27. The van der Waals surface area contributed by atoms with E-state index in [0.29, 0.717) is 23.6 Å². The molecule has 0 aromatic heterocycles. The third kappa shape index (κ3) is 2.92. The van der Waals surface area contributed by atoms with Crippen molar-refractivity contribution in [3.8, 4) is 11.5 Å². The summed E-state index contributed by atoms with van der Waals surface area (Å²) in [5, 5.41) is 0. The van der Waals surface area contributed by atoms with Gasteiger partial charge in [0.05, 0.1) is 5.56 Å². The molecular weight excluding hydrogens is 234 g/mol. The first-order chi connectivity index (χ1) is 8.56. The molecule has 1 aromatic carbocycles. The van der Waals surface area contributed by atoms with E-state index in [9.17, 15) is 4.79 Å². The zero-order valence-electron chi connectivity index (χ0n) is 10.8. The van der Waals surface area contributed by atoms with Crippen LogP contribution in [-0.2, 0) is 4.74 Å². The van der Waals surface area contributed by atoms with Gasteiger partial charge in [-0.2, -0.15) is 0 Å². The molecule has 18 heavy (non-hydrogen) atoms. The van der Waals surface area contributed by atoms with Crippen molar-refractivity contribution >= 4 is 5.97 Å². The number of carbonyl (C=O) groups excluding carboxylic acids is 1. The van der Waals surface area contributed by atoms with Gasteiger partial charge in [-0.05, 0) is 39.2 Å². The third-order valence-electron chi connectivity index (χ3n) is 2.54. The Bertz CT molecular complexity index is 445. The fraction of sp³-hybridized carbons (Fsp3) is 0.462. The number of benzene rings is 1. The van der Waals surface area contributed by atoms with Gasteiger partial charge in [0, 0.05) is 6.54 Å². The number of rotatable bonds is 4. The molecule has 1 aliphatic rings. The van der Waals surface area contributed by atoms with Crippen LogP contribution in [0.3, 0.4) is 0 Å². The van der Waals surface area contributed by atoms with Crippen LogP contribution >= 0.6 is 0 Å². The Morgan fingerprint density at radius 3 is 2.83 bits per heavy atom. The highest BCUT2D eigenvalue weighted by atomic mass is 16.7. The SMILES string of the molecule is C[C@H](CN(C)C)OC(=O)c1ccc2c(c1)OCO2. The number of carbonyl (C=O) groups is 1. The summed E-state index contributed by atoms with van der Waals surface area (Å²) in [4.78, 5) is 13.9. The van der Waals surface area contributed by atoms with Crippen LogP contribution in [0.25, 0.3) is 0 Å². The summed E-state index contributed by atoms with van der Waals surface area (Å²) in [6, 6.07) is 5.04. The molecule has 1 aromatic rings. The van der Waals surface area contributed by atoms with Gasteiger partial charge in [0.25, 0.3) is 0 Å².